The second-order valence-electron chi connectivity index (χ2n) is 6.30. The predicted octanol–water partition coefficient (Wildman–Crippen LogP) is 1.70. The Labute approximate surface area is 137 Å². The van der Waals surface area contributed by atoms with Gasteiger partial charge < -0.3 is 10.2 Å². The first-order chi connectivity index (χ1) is 11.1. The molecule has 6 heteroatoms. The number of hydrogen-bond donors (Lipinski definition) is 1. The highest BCUT2D eigenvalue weighted by atomic mass is 16.2. The summed E-state index contributed by atoms with van der Waals surface area (Å²) in [5.41, 5.74) is 0.860. The number of rotatable bonds is 7. The molecule has 1 aromatic heterocycles. The quantitative estimate of drug-likeness (QED) is 0.830. The van der Waals surface area contributed by atoms with E-state index in [0.717, 1.165) is 18.5 Å². The third-order valence-electron chi connectivity index (χ3n) is 4.46. The first-order valence-corrected chi connectivity index (χ1v) is 8.36. The predicted molar refractivity (Wildman–Crippen MR) is 87.6 cm³/mol. The molecule has 1 aromatic rings. The lowest BCUT2D eigenvalue weighted by molar-refractivity contribution is -0.134. The van der Waals surface area contributed by atoms with Crippen molar-refractivity contribution in [2.45, 2.75) is 64.0 Å². The average Bonchev–Trinajstić information content (AvgIpc) is 3.05. The lowest BCUT2D eigenvalue weighted by atomic mass is 10.1. The zero-order valence-electron chi connectivity index (χ0n) is 14.0. The van der Waals surface area contributed by atoms with Crippen LogP contribution in [-0.2, 0) is 16.0 Å². The van der Waals surface area contributed by atoms with E-state index in [1.54, 1.807) is 30.5 Å². The van der Waals surface area contributed by atoms with Crippen LogP contribution in [0, 0.1) is 0 Å². The molecule has 1 fully saturated rings. The normalized spacial score (nSPS) is 16.1. The van der Waals surface area contributed by atoms with Crippen LogP contribution < -0.4 is 5.32 Å². The molecule has 0 aliphatic heterocycles. The number of nitrogens with one attached hydrogen (secondary N) is 1. The molecule has 23 heavy (non-hydrogen) atoms. The Hall–Kier alpha value is -1.98. The molecule has 2 amide bonds. The SMILES string of the molecule is CC(Cc1cnccn1)N(C)C(=O)CCC(=O)NC1CCCC1. The molecule has 1 unspecified atom stereocenters. The summed E-state index contributed by atoms with van der Waals surface area (Å²) in [4.78, 5) is 34.1. The van der Waals surface area contributed by atoms with Gasteiger partial charge in [-0.2, -0.15) is 0 Å². The van der Waals surface area contributed by atoms with E-state index >= 15 is 0 Å². The second kappa shape index (κ2) is 8.60. The van der Waals surface area contributed by atoms with Crippen molar-refractivity contribution in [3.8, 4) is 0 Å². The summed E-state index contributed by atoms with van der Waals surface area (Å²) < 4.78 is 0. The molecule has 1 aliphatic rings. The Balaban J connectivity index is 1.72. The number of carbonyl (C=O) groups is 2. The second-order valence-corrected chi connectivity index (χ2v) is 6.30. The monoisotopic (exact) mass is 318 g/mol. The highest BCUT2D eigenvalue weighted by Crippen LogP contribution is 2.17. The third kappa shape index (κ3) is 5.62. The Morgan fingerprint density at radius 2 is 2.04 bits per heavy atom. The van der Waals surface area contributed by atoms with Gasteiger partial charge in [0.15, 0.2) is 0 Å². The number of amides is 2. The maximum atomic E-state index is 12.2. The van der Waals surface area contributed by atoms with Gasteiger partial charge in [0.2, 0.25) is 11.8 Å². The molecule has 0 radical (unpaired) electrons. The average molecular weight is 318 g/mol. The Bertz CT molecular complexity index is 515. The van der Waals surface area contributed by atoms with Crippen molar-refractivity contribution >= 4 is 11.8 Å². The summed E-state index contributed by atoms with van der Waals surface area (Å²) in [5.74, 6) is -0.0248. The van der Waals surface area contributed by atoms with Gasteiger partial charge in [-0.15, -0.1) is 0 Å². The largest absolute Gasteiger partial charge is 0.353 e. The van der Waals surface area contributed by atoms with E-state index < -0.39 is 0 Å². The van der Waals surface area contributed by atoms with Gasteiger partial charge in [0.1, 0.15) is 0 Å². The van der Waals surface area contributed by atoms with E-state index in [-0.39, 0.29) is 30.7 Å². The summed E-state index contributed by atoms with van der Waals surface area (Å²) in [7, 11) is 1.78. The zero-order valence-corrected chi connectivity index (χ0v) is 14.0. The van der Waals surface area contributed by atoms with Crippen molar-refractivity contribution in [1.29, 1.82) is 0 Å². The van der Waals surface area contributed by atoms with Crippen molar-refractivity contribution < 1.29 is 9.59 Å². The summed E-state index contributed by atoms with van der Waals surface area (Å²) in [6.45, 7) is 1.98. The number of aromatic nitrogens is 2. The molecular weight excluding hydrogens is 292 g/mol. The van der Waals surface area contributed by atoms with E-state index in [2.05, 4.69) is 15.3 Å². The van der Waals surface area contributed by atoms with Crippen LogP contribution in [0.2, 0.25) is 0 Å². The van der Waals surface area contributed by atoms with Gasteiger partial charge in [-0.3, -0.25) is 19.6 Å². The minimum absolute atomic E-state index is 0.0111. The fraction of sp³-hybridized carbons (Fsp3) is 0.647. The Kier molecular flexibility index (Phi) is 6.50. The molecule has 0 bridgehead atoms. The number of hydrogen-bond acceptors (Lipinski definition) is 4. The standard InChI is InChI=1S/C17H26N4O2/c1-13(11-15-12-18-9-10-19-15)21(2)17(23)8-7-16(22)20-14-5-3-4-6-14/h9-10,12-14H,3-8,11H2,1-2H3,(H,20,22). The van der Waals surface area contributed by atoms with Gasteiger partial charge in [0, 0.05) is 57.0 Å². The van der Waals surface area contributed by atoms with Crippen LogP contribution in [0.15, 0.2) is 18.6 Å². The van der Waals surface area contributed by atoms with Crippen LogP contribution in [0.4, 0.5) is 0 Å². The first-order valence-electron chi connectivity index (χ1n) is 8.36. The smallest absolute Gasteiger partial charge is 0.223 e. The molecule has 1 atom stereocenters. The van der Waals surface area contributed by atoms with Gasteiger partial charge in [0.05, 0.1) is 5.69 Å². The molecule has 2 rings (SSSR count). The lowest BCUT2D eigenvalue weighted by Crippen LogP contribution is -2.38. The van der Waals surface area contributed by atoms with E-state index in [9.17, 15) is 9.59 Å². The van der Waals surface area contributed by atoms with Crippen LogP contribution in [0.25, 0.3) is 0 Å². The number of nitrogens with zero attached hydrogens (tertiary/aromatic N) is 3. The van der Waals surface area contributed by atoms with Gasteiger partial charge in [0.25, 0.3) is 0 Å². The molecule has 126 valence electrons. The molecule has 0 saturated heterocycles. The highest BCUT2D eigenvalue weighted by molar-refractivity contribution is 5.83. The van der Waals surface area contributed by atoms with Crippen molar-refractivity contribution in [1.82, 2.24) is 20.2 Å². The minimum atomic E-state index is -0.0137. The van der Waals surface area contributed by atoms with Crippen LogP contribution in [0.1, 0.15) is 51.1 Å². The van der Waals surface area contributed by atoms with Crippen LogP contribution in [0.5, 0.6) is 0 Å². The van der Waals surface area contributed by atoms with Crippen LogP contribution >= 0.6 is 0 Å². The van der Waals surface area contributed by atoms with Gasteiger partial charge in [-0.25, -0.2) is 0 Å². The van der Waals surface area contributed by atoms with Crippen LogP contribution in [0.3, 0.4) is 0 Å². The maximum absolute atomic E-state index is 12.2. The number of likely N-dealkylation sites (N-methyl/N-ethyl adjacent to an activating group) is 1. The fourth-order valence-electron chi connectivity index (χ4n) is 2.89. The van der Waals surface area contributed by atoms with E-state index in [1.165, 1.54) is 12.8 Å². The minimum Gasteiger partial charge on any atom is -0.353 e. The van der Waals surface area contributed by atoms with Crippen molar-refractivity contribution in [3.05, 3.63) is 24.3 Å². The van der Waals surface area contributed by atoms with Crippen molar-refractivity contribution in [2.24, 2.45) is 0 Å². The molecule has 1 N–H and O–H groups in total. The summed E-state index contributed by atoms with van der Waals surface area (Å²) >= 11 is 0. The molecular formula is C17H26N4O2. The summed E-state index contributed by atoms with van der Waals surface area (Å²) in [6.07, 6.45) is 10.7. The Morgan fingerprint density at radius 1 is 1.30 bits per heavy atom. The molecule has 1 saturated carbocycles. The van der Waals surface area contributed by atoms with E-state index in [4.69, 9.17) is 0 Å². The zero-order chi connectivity index (χ0) is 16.7. The molecule has 1 heterocycles. The van der Waals surface area contributed by atoms with E-state index in [0.29, 0.717) is 12.5 Å². The fourth-order valence-corrected chi connectivity index (χ4v) is 2.89. The van der Waals surface area contributed by atoms with Crippen LogP contribution in [-0.4, -0.2) is 45.8 Å². The maximum Gasteiger partial charge on any atom is 0.223 e. The van der Waals surface area contributed by atoms with Gasteiger partial charge >= 0.3 is 0 Å². The van der Waals surface area contributed by atoms with E-state index in [1.807, 2.05) is 6.92 Å². The number of carbonyl (C=O) groups excluding carboxylic acids is 2. The lowest BCUT2D eigenvalue weighted by Gasteiger charge is -2.24. The topological polar surface area (TPSA) is 75.2 Å². The summed E-state index contributed by atoms with van der Waals surface area (Å²) in [5, 5.41) is 3.01. The van der Waals surface area contributed by atoms with Gasteiger partial charge in [-0.1, -0.05) is 12.8 Å². The summed E-state index contributed by atoms with van der Waals surface area (Å²) in [6, 6.07) is 0.336. The highest BCUT2D eigenvalue weighted by Gasteiger charge is 2.20. The third-order valence-corrected chi connectivity index (χ3v) is 4.46. The Morgan fingerprint density at radius 3 is 2.70 bits per heavy atom. The first kappa shape index (κ1) is 17.4. The molecule has 0 spiro atoms. The molecule has 0 aromatic carbocycles. The van der Waals surface area contributed by atoms with Gasteiger partial charge in [-0.05, 0) is 19.8 Å². The molecule has 6 nitrogen and oxygen atoms in total. The molecule has 1 aliphatic carbocycles. The van der Waals surface area contributed by atoms with Crippen molar-refractivity contribution in [2.75, 3.05) is 7.05 Å². The van der Waals surface area contributed by atoms with Crippen molar-refractivity contribution in [3.63, 3.8) is 0 Å².